The molecule has 6 nitrogen and oxygen atoms in total. The van der Waals surface area contributed by atoms with Gasteiger partial charge in [0.05, 0.1) is 18.7 Å². The number of aromatic carboxylic acids is 1. The minimum Gasteiger partial charge on any atom is -0.496 e. The summed E-state index contributed by atoms with van der Waals surface area (Å²) in [4.78, 5) is 24.8. The molecule has 0 aliphatic heterocycles. The summed E-state index contributed by atoms with van der Waals surface area (Å²) in [7, 11) is 1.52. The molecule has 1 amide bonds. The molecule has 0 fully saturated rings. The number of fused-ring (bicyclic) bond motifs is 1. The van der Waals surface area contributed by atoms with Gasteiger partial charge in [-0.05, 0) is 85.5 Å². The summed E-state index contributed by atoms with van der Waals surface area (Å²) < 4.78 is 21.4. The largest absolute Gasteiger partial charge is 0.496 e. The fourth-order valence-electron chi connectivity index (χ4n) is 5.29. The Bertz CT molecular complexity index is 1770. The predicted molar refractivity (Wildman–Crippen MR) is 158 cm³/mol. The lowest BCUT2D eigenvalue weighted by molar-refractivity contribution is 0.0697. The molecular formula is C34H31FN2O4. The number of hydrogen-bond acceptors (Lipinski definition) is 3. The minimum absolute atomic E-state index is 0.257. The van der Waals surface area contributed by atoms with E-state index in [4.69, 9.17) is 4.74 Å². The van der Waals surface area contributed by atoms with Gasteiger partial charge in [-0.1, -0.05) is 42.5 Å². The van der Waals surface area contributed by atoms with E-state index in [-0.39, 0.29) is 11.5 Å². The number of nitrogens with zero attached hydrogens (tertiary/aromatic N) is 1. The highest BCUT2D eigenvalue weighted by atomic mass is 19.1. The van der Waals surface area contributed by atoms with E-state index >= 15 is 0 Å². The van der Waals surface area contributed by atoms with Crippen LogP contribution in [0.15, 0.2) is 84.9 Å². The highest BCUT2D eigenvalue weighted by Gasteiger charge is 2.19. The number of methoxy groups -OCH3 is 1. The fraction of sp³-hybridized carbons (Fsp3) is 0.176. The molecule has 5 aromatic rings. The molecule has 208 valence electrons. The smallest absolute Gasteiger partial charge is 0.336 e. The molecule has 0 spiro atoms. The van der Waals surface area contributed by atoms with Gasteiger partial charge in [0.2, 0.25) is 0 Å². The van der Waals surface area contributed by atoms with Gasteiger partial charge in [-0.15, -0.1) is 0 Å². The highest BCUT2D eigenvalue weighted by Crippen LogP contribution is 2.30. The van der Waals surface area contributed by atoms with Crippen LogP contribution in [0.5, 0.6) is 5.75 Å². The Kier molecular flexibility index (Phi) is 7.62. The van der Waals surface area contributed by atoms with Crippen LogP contribution in [0.3, 0.4) is 0 Å². The quantitative estimate of drug-likeness (QED) is 0.212. The van der Waals surface area contributed by atoms with E-state index in [1.54, 1.807) is 31.2 Å². The Balaban J connectivity index is 1.39. The number of carboxylic acids is 1. The number of benzene rings is 4. The van der Waals surface area contributed by atoms with Crippen molar-refractivity contribution in [3.63, 3.8) is 0 Å². The average molecular weight is 551 g/mol. The van der Waals surface area contributed by atoms with E-state index in [0.717, 1.165) is 33.3 Å². The van der Waals surface area contributed by atoms with Crippen LogP contribution in [0.4, 0.5) is 4.39 Å². The summed E-state index contributed by atoms with van der Waals surface area (Å²) >= 11 is 0. The van der Waals surface area contributed by atoms with E-state index in [9.17, 15) is 19.1 Å². The second-order valence-corrected chi connectivity index (χ2v) is 10.2. The Morgan fingerprint density at radius 2 is 1.71 bits per heavy atom. The van der Waals surface area contributed by atoms with Crippen molar-refractivity contribution < 1.29 is 23.8 Å². The minimum atomic E-state index is -0.953. The maximum absolute atomic E-state index is 13.9. The molecule has 5 rings (SSSR count). The number of carbonyl (C=O) groups excluding carboxylic acids is 1. The third-order valence-electron chi connectivity index (χ3n) is 7.67. The summed E-state index contributed by atoms with van der Waals surface area (Å²) in [6, 6.07) is 24.3. The number of ether oxygens (including phenoxy) is 1. The summed E-state index contributed by atoms with van der Waals surface area (Å²) in [6.07, 6.45) is 0. The van der Waals surface area contributed by atoms with Crippen molar-refractivity contribution >= 4 is 22.8 Å². The number of hydrogen-bond donors (Lipinski definition) is 2. The molecule has 0 aliphatic rings. The molecular weight excluding hydrogens is 519 g/mol. The molecule has 1 atom stereocenters. The zero-order valence-corrected chi connectivity index (χ0v) is 23.4. The van der Waals surface area contributed by atoms with Crippen molar-refractivity contribution in [2.75, 3.05) is 7.11 Å². The maximum atomic E-state index is 13.9. The molecule has 0 aliphatic carbocycles. The van der Waals surface area contributed by atoms with Crippen LogP contribution < -0.4 is 10.1 Å². The van der Waals surface area contributed by atoms with Gasteiger partial charge in [-0.2, -0.15) is 0 Å². The van der Waals surface area contributed by atoms with Crippen LogP contribution in [0.1, 0.15) is 56.1 Å². The highest BCUT2D eigenvalue weighted by molar-refractivity contribution is 5.99. The number of amides is 1. The van der Waals surface area contributed by atoms with E-state index in [0.29, 0.717) is 29.0 Å². The van der Waals surface area contributed by atoms with Crippen LogP contribution >= 0.6 is 0 Å². The second-order valence-electron chi connectivity index (χ2n) is 10.2. The predicted octanol–water partition coefficient (Wildman–Crippen LogP) is 7.31. The molecule has 1 aromatic heterocycles. The number of carboxylic acid groups (broad SMARTS) is 1. The van der Waals surface area contributed by atoms with Crippen LogP contribution in [-0.4, -0.2) is 28.7 Å². The van der Waals surface area contributed by atoms with Crippen molar-refractivity contribution in [1.29, 1.82) is 0 Å². The monoisotopic (exact) mass is 550 g/mol. The van der Waals surface area contributed by atoms with Crippen molar-refractivity contribution in [2.24, 2.45) is 0 Å². The Morgan fingerprint density at radius 1 is 0.976 bits per heavy atom. The van der Waals surface area contributed by atoms with E-state index in [2.05, 4.69) is 16.8 Å². The van der Waals surface area contributed by atoms with Crippen molar-refractivity contribution in [2.45, 2.75) is 33.4 Å². The summed E-state index contributed by atoms with van der Waals surface area (Å²) in [6.45, 7) is 6.52. The molecule has 0 bridgehead atoms. The lowest BCUT2D eigenvalue weighted by Gasteiger charge is -2.17. The van der Waals surface area contributed by atoms with Gasteiger partial charge < -0.3 is 19.7 Å². The fourth-order valence-corrected chi connectivity index (χ4v) is 5.29. The number of halogens is 1. The molecule has 0 saturated heterocycles. The lowest BCUT2D eigenvalue weighted by atomic mass is 9.99. The van der Waals surface area contributed by atoms with Crippen molar-refractivity contribution in [3.8, 4) is 16.9 Å². The van der Waals surface area contributed by atoms with Gasteiger partial charge in [0, 0.05) is 34.3 Å². The van der Waals surface area contributed by atoms with Crippen LogP contribution in [0.25, 0.3) is 22.0 Å². The topological polar surface area (TPSA) is 80.6 Å². The lowest BCUT2D eigenvalue weighted by Crippen LogP contribution is -2.27. The molecule has 0 saturated carbocycles. The molecule has 0 unspecified atom stereocenters. The summed E-state index contributed by atoms with van der Waals surface area (Å²) in [5, 5.41) is 13.5. The van der Waals surface area contributed by atoms with Crippen LogP contribution in [0, 0.1) is 19.7 Å². The number of aromatic nitrogens is 1. The van der Waals surface area contributed by atoms with Gasteiger partial charge in [-0.25, -0.2) is 9.18 Å². The Labute approximate surface area is 238 Å². The molecule has 0 radical (unpaired) electrons. The van der Waals surface area contributed by atoms with Gasteiger partial charge in [0.1, 0.15) is 11.6 Å². The van der Waals surface area contributed by atoms with E-state index in [1.165, 1.54) is 19.2 Å². The van der Waals surface area contributed by atoms with E-state index in [1.807, 2.05) is 55.5 Å². The van der Waals surface area contributed by atoms with Gasteiger partial charge in [0.25, 0.3) is 5.91 Å². The standard InChI is InChI=1S/C34H31FN2O4/c1-20-22(3)37(19-23-9-11-24(12-10-23)27-7-5-6-8-28(27)34(39)40)31-15-13-25(17-29(20)31)33(38)36-21(2)30-18-26(35)14-16-32(30)41-4/h5-18,21H,19H2,1-4H3,(H,36,38)(H,39,40)/t21-/m1/s1. The maximum Gasteiger partial charge on any atom is 0.336 e. The molecule has 7 heteroatoms. The first-order valence-electron chi connectivity index (χ1n) is 13.3. The van der Waals surface area contributed by atoms with Gasteiger partial charge >= 0.3 is 5.97 Å². The normalized spacial score (nSPS) is 11.8. The molecule has 41 heavy (non-hydrogen) atoms. The molecule has 1 heterocycles. The number of nitrogens with one attached hydrogen (secondary N) is 1. The van der Waals surface area contributed by atoms with Gasteiger partial charge in [-0.3, -0.25) is 4.79 Å². The van der Waals surface area contributed by atoms with Crippen molar-refractivity contribution in [3.05, 3.63) is 124 Å². The summed E-state index contributed by atoms with van der Waals surface area (Å²) in [5.74, 6) is -1.09. The zero-order valence-electron chi connectivity index (χ0n) is 23.4. The summed E-state index contributed by atoms with van der Waals surface area (Å²) in [5.41, 5.74) is 7.14. The first-order chi connectivity index (χ1) is 19.7. The Hall–Kier alpha value is -4.91. The van der Waals surface area contributed by atoms with Crippen LogP contribution in [-0.2, 0) is 6.54 Å². The zero-order chi connectivity index (χ0) is 29.3. The second kappa shape index (κ2) is 11.3. The number of aryl methyl sites for hydroxylation is 1. The number of carbonyl (C=O) groups is 2. The molecule has 2 N–H and O–H groups in total. The van der Waals surface area contributed by atoms with E-state index < -0.39 is 17.8 Å². The Morgan fingerprint density at radius 3 is 2.41 bits per heavy atom. The molecule has 4 aromatic carbocycles. The van der Waals surface area contributed by atoms with Crippen LogP contribution in [0.2, 0.25) is 0 Å². The third-order valence-corrected chi connectivity index (χ3v) is 7.67. The first-order valence-corrected chi connectivity index (χ1v) is 13.3. The third kappa shape index (κ3) is 5.43. The van der Waals surface area contributed by atoms with Crippen molar-refractivity contribution in [1.82, 2.24) is 9.88 Å². The average Bonchev–Trinajstić information content (AvgIpc) is 3.21. The first kappa shape index (κ1) is 27.6. The SMILES string of the molecule is COc1ccc(F)cc1[C@@H](C)NC(=O)c1ccc2c(c1)c(C)c(C)n2Cc1ccc(-c2ccccc2C(=O)O)cc1. The number of rotatable bonds is 8. The van der Waals surface area contributed by atoms with Gasteiger partial charge in [0.15, 0.2) is 0 Å².